The molecule has 0 spiro atoms. The Morgan fingerprint density at radius 3 is 2.47 bits per heavy atom. The maximum Gasteiger partial charge on any atom is 0.308 e. The number of rotatable bonds is 7. The summed E-state index contributed by atoms with van der Waals surface area (Å²) in [5.74, 6) is -0.488. The lowest BCUT2D eigenvalue weighted by Gasteiger charge is -2.36. The average molecular weight is 407 g/mol. The van der Waals surface area contributed by atoms with Crippen molar-refractivity contribution in [2.45, 2.75) is 45.3 Å². The van der Waals surface area contributed by atoms with Crippen molar-refractivity contribution in [3.8, 4) is 0 Å². The zero-order valence-electron chi connectivity index (χ0n) is 17.8. The van der Waals surface area contributed by atoms with E-state index >= 15 is 0 Å². The number of aliphatic hydroxyl groups excluding tert-OH is 2. The van der Waals surface area contributed by atoms with Crippen LogP contribution in [-0.2, 0) is 16.0 Å². The standard InChI is InChI=1S/C26H30O4/c1-26(2)17-19-11-7-8-12-22(19)25(18-9-5-4-6-10-18)23(26)14-13-20(27)15-21(28)16-24(29)30-3/h4-14,20-21,27-28H,15-17H2,1-3H3/b14-13+. The summed E-state index contributed by atoms with van der Waals surface area (Å²) < 4.78 is 4.58. The van der Waals surface area contributed by atoms with Crippen LogP contribution in [-0.4, -0.2) is 35.5 Å². The predicted octanol–water partition coefficient (Wildman–Crippen LogP) is 4.30. The summed E-state index contributed by atoms with van der Waals surface area (Å²) in [6, 6.07) is 18.7. The maximum absolute atomic E-state index is 11.3. The summed E-state index contributed by atoms with van der Waals surface area (Å²) in [5.41, 5.74) is 5.85. The number of allylic oxidation sites excluding steroid dienone is 2. The summed E-state index contributed by atoms with van der Waals surface area (Å²) in [5, 5.41) is 20.5. The number of carbonyl (C=O) groups is 1. The van der Waals surface area contributed by atoms with E-state index in [1.54, 1.807) is 6.08 Å². The fraction of sp³-hybridized carbons (Fsp3) is 0.346. The number of ether oxygens (including phenoxy) is 1. The lowest BCUT2D eigenvalue weighted by molar-refractivity contribution is -0.143. The van der Waals surface area contributed by atoms with Gasteiger partial charge >= 0.3 is 5.97 Å². The van der Waals surface area contributed by atoms with Gasteiger partial charge in [-0.05, 0) is 39.7 Å². The van der Waals surface area contributed by atoms with Crippen molar-refractivity contribution in [2.24, 2.45) is 5.41 Å². The van der Waals surface area contributed by atoms with Crippen molar-refractivity contribution < 1.29 is 19.7 Å². The van der Waals surface area contributed by atoms with E-state index in [0.717, 1.165) is 17.6 Å². The van der Waals surface area contributed by atoms with E-state index in [2.05, 4.69) is 55.0 Å². The molecule has 0 saturated carbocycles. The third-order valence-corrected chi connectivity index (χ3v) is 5.61. The monoisotopic (exact) mass is 406 g/mol. The van der Waals surface area contributed by atoms with E-state index in [1.807, 2.05) is 24.3 Å². The number of aliphatic hydroxyl groups is 2. The Bertz CT molecular complexity index is 941. The molecule has 0 amide bonds. The Kier molecular flexibility index (Phi) is 6.91. The molecule has 0 radical (unpaired) electrons. The lowest BCUT2D eigenvalue weighted by atomic mass is 9.68. The molecule has 0 heterocycles. The number of methoxy groups -OCH3 is 1. The second-order valence-corrected chi connectivity index (χ2v) is 8.47. The van der Waals surface area contributed by atoms with Crippen LogP contribution in [0.25, 0.3) is 5.57 Å². The molecule has 0 aliphatic heterocycles. The Morgan fingerprint density at radius 1 is 1.10 bits per heavy atom. The largest absolute Gasteiger partial charge is 0.469 e. The van der Waals surface area contributed by atoms with Crippen LogP contribution in [0.15, 0.2) is 72.3 Å². The number of hydrogen-bond donors (Lipinski definition) is 2. The van der Waals surface area contributed by atoms with Crippen LogP contribution in [0.4, 0.5) is 0 Å². The first-order valence-corrected chi connectivity index (χ1v) is 10.3. The van der Waals surface area contributed by atoms with E-state index in [0.29, 0.717) is 0 Å². The van der Waals surface area contributed by atoms with Gasteiger partial charge in [0.15, 0.2) is 0 Å². The van der Waals surface area contributed by atoms with E-state index in [-0.39, 0.29) is 18.3 Å². The molecular formula is C26H30O4. The molecule has 0 bridgehead atoms. The summed E-state index contributed by atoms with van der Waals surface area (Å²) >= 11 is 0. The fourth-order valence-electron chi connectivity index (χ4n) is 4.12. The quantitative estimate of drug-likeness (QED) is 0.673. The second-order valence-electron chi connectivity index (χ2n) is 8.47. The van der Waals surface area contributed by atoms with Gasteiger partial charge in [0, 0.05) is 6.42 Å². The Hall–Kier alpha value is -2.69. The van der Waals surface area contributed by atoms with Gasteiger partial charge in [0.25, 0.3) is 0 Å². The molecule has 2 aromatic carbocycles. The highest BCUT2D eigenvalue weighted by Crippen LogP contribution is 2.45. The highest BCUT2D eigenvalue weighted by Gasteiger charge is 2.32. The normalized spacial score (nSPS) is 17.5. The van der Waals surface area contributed by atoms with E-state index in [4.69, 9.17) is 0 Å². The molecule has 30 heavy (non-hydrogen) atoms. The van der Waals surface area contributed by atoms with Gasteiger partial charge in [-0.3, -0.25) is 4.79 Å². The van der Waals surface area contributed by atoms with Crippen LogP contribution in [0, 0.1) is 5.41 Å². The van der Waals surface area contributed by atoms with Crippen molar-refractivity contribution in [1.82, 2.24) is 0 Å². The lowest BCUT2D eigenvalue weighted by Crippen LogP contribution is -2.24. The first kappa shape index (κ1) is 22.0. The molecule has 1 aliphatic rings. The van der Waals surface area contributed by atoms with Crippen LogP contribution >= 0.6 is 0 Å². The number of hydrogen-bond acceptors (Lipinski definition) is 4. The summed E-state index contributed by atoms with van der Waals surface area (Å²) in [6.45, 7) is 4.42. The third-order valence-electron chi connectivity index (χ3n) is 5.61. The first-order chi connectivity index (χ1) is 14.3. The van der Waals surface area contributed by atoms with E-state index in [9.17, 15) is 15.0 Å². The SMILES string of the molecule is COC(=O)CC(O)CC(O)/C=C/C1=C(c2ccccc2)c2ccccc2CC1(C)C. The minimum Gasteiger partial charge on any atom is -0.469 e. The molecule has 158 valence electrons. The van der Waals surface area contributed by atoms with Crippen molar-refractivity contribution in [1.29, 1.82) is 0 Å². The third kappa shape index (κ3) is 5.07. The highest BCUT2D eigenvalue weighted by atomic mass is 16.5. The molecule has 0 fully saturated rings. The number of carbonyl (C=O) groups excluding carboxylic acids is 1. The average Bonchev–Trinajstić information content (AvgIpc) is 2.71. The highest BCUT2D eigenvalue weighted by molar-refractivity contribution is 5.87. The molecule has 2 unspecified atom stereocenters. The van der Waals surface area contributed by atoms with Crippen LogP contribution in [0.2, 0.25) is 0 Å². The van der Waals surface area contributed by atoms with Gasteiger partial charge in [0.2, 0.25) is 0 Å². The van der Waals surface area contributed by atoms with Crippen molar-refractivity contribution >= 4 is 11.5 Å². The van der Waals surface area contributed by atoms with Crippen molar-refractivity contribution in [2.75, 3.05) is 7.11 Å². The van der Waals surface area contributed by atoms with Gasteiger partial charge in [-0.15, -0.1) is 0 Å². The molecule has 3 rings (SSSR count). The Labute approximate surface area is 178 Å². The van der Waals surface area contributed by atoms with Crippen LogP contribution in [0.5, 0.6) is 0 Å². The summed E-state index contributed by atoms with van der Waals surface area (Å²) in [4.78, 5) is 11.3. The van der Waals surface area contributed by atoms with Crippen LogP contribution in [0.1, 0.15) is 43.4 Å². The smallest absolute Gasteiger partial charge is 0.308 e. The zero-order valence-corrected chi connectivity index (χ0v) is 17.8. The number of fused-ring (bicyclic) bond motifs is 1. The zero-order chi connectivity index (χ0) is 21.7. The van der Waals surface area contributed by atoms with E-state index in [1.165, 1.54) is 23.8 Å². The van der Waals surface area contributed by atoms with E-state index < -0.39 is 18.2 Å². The molecule has 2 atom stereocenters. The second kappa shape index (κ2) is 9.41. The fourth-order valence-corrected chi connectivity index (χ4v) is 4.12. The maximum atomic E-state index is 11.3. The molecule has 1 aliphatic carbocycles. The minimum absolute atomic E-state index is 0.0799. The molecular weight excluding hydrogens is 376 g/mol. The summed E-state index contributed by atoms with van der Waals surface area (Å²) in [6.07, 6.45) is 2.75. The van der Waals surface area contributed by atoms with Gasteiger partial charge in [-0.25, -0.2) is 0 Å². The molecule has 4 nitrogen and oxygen atoms in total. The number of esters is 1. The molecule has 0 aromatic heterocycles. The van der Waals surface area contributed by atoms with Crippen LogP contribution < -0.4 is 0 Å². The Balaban J connectivity index is 1.97. The van der Waals surface area contributed by atoms with Crippen LogP contribution in [0.3, 0.4) is 0 Å². The van der Waals surface area contributed by atoms with Gasteiger partial charge < -0.3 is 14.9 Å². The topological polar surface area (TPSA) is 66.8 Å². The molecule has 2 N–H and O–H groups in total. The van der Waals surface area contributed by atoms with Gasteiger partial charge in [-0.1, -0.05) is 80.6 Å². The number of benzene rings is 2. The molecule has 4 heteroatoms. The Morgan fingerprint density at radius 2 is 1.77 bits per heavy atom. The minimum atomic E-state index is -0.945. The first-order valence-electron chi connectivity index (χ1n) is 10.3. The van der Waals surface area contributed by atoms with Gasteiger partial charge in [0.1, 0.15) is 0 Å². The van der Waals surface area contributed by atoms with Gasteiger partial charge in [0.05, 0.1) is 25.7 Å². The van der Waals surface area contributed by atoms with Crippen molar-refractivity contribution in [3.05, 3.63) is 89.0 Å². The molecule has 2 aromatic rings. The van der Waals surface area contributed by atoms with Gasteiger partial charge in [-0.2, -0.15) is 0 Å². The predicted molar refractivity (Wildman–Crippen MR) is 119 cm³/mol. The van der Waals surface area contributed by atoms with Crippen molar-refractivity contribution in [3.63, 3.8) is 0 Å². The summed E-state index contributed by atoms with van der Waals surface area (Å²) in [7, 11) is 1.28. The molecule has 0 saturated heterocycles.